The number of carboxylic acids is 1. The van der Waals surface area contributed by atoms with Gasteiger partial charge in [-0.15, -0.1) is 0 Å². The molecule has 0 aliphatic heterocycles. The SMILES string of the molecule is COc1ccc(CCOCC(=O)O)c(OC)c1. The quantitative estimate of drug-likeness (QED) is 0.729. The summed E-state index contributed by atoms with van der Waals surface area (Å²) in [5.41, 5.74) is 0.957. The minimum Gasteiger partial charge on any atom is -0.497 e. The van der Waals surface area contributed by atoms with Crippen molar-refractivity contribution in [3.05, 3.63) is 23.8 Å². The van der Waals surface area contributed by atoms with Crippen LogP contribution in [0.3, 0.4) is 0 Å². The van der Waals surface area contributed by atoms with Gasteiger partial charge in [-0.1, -0.05) is 6.07 Å². The molecule has 0 spiro atoms. The summed E-state index contributed by atoms with van der Waals surface area (Å²) in [5, 5.41) is 8.41. The summed E-state index contributed by atoms with van der Waals surface area (Å²) in [4.78, 5) is 10.3. The first-order valence-corrected chi connectivity index (χ1v) is 5.17. The average molecular weight is 240 g/mol. The van der Waals surface area contributed by atoms with E-state index >= 15 is 0 Å². The molecule has 0 heterocycles. The van der Waals surface area contributed by atoms with Crippen LogP contribution in [0.1, 0.15) is 5.56 Å². The van der Waals surface area contributed by atoms with Crippen LogP contribution >= 0.6 is 0 Å². The van der Waals surface area contributed by atoms with Crippen molar-refractivity contribution < 1.29 is 24.1 Å². The Bertz CT molecular complexity index is 375. The molecule has 0 unspecified atom stereocenters. The largest absolute Gasteiger partial charge is 0.497 e. The molecule has 0 saturated carbocycles. The second-order valence-corrected chi connectivity index (χ2v) is 3.37. The number of ether oxygens (including phenoxy) is 3. The normalized spacial score (nSPS) is 10.0. The maximum Gasteiger partial charge on any atom is 0.329 e. The second-order valence-electron chi connectivity index (χ2n) is 3.37. The third-order valence-corrected chi connectivity index (χ3v) is 2.24. The van der Waals surface area contributed by atoms with E-state index in [1.165, 1.54) is 0 Å². The Kier molecular flexibility index (Phi) is 5.29. The lowest BCUT2D eigenvalue weighted by molar-refractivity contribution is -0.142. The van der Waals surface area contributed by atoms with Crippen molar-refractivity contribution in [2.45, 2.75) is 6.42 Å². The van der Waals surface area contributed by atoms with Gasteiger partial charge >= 0.3 is 5.97 Å². The van der Waals surface area contributed by atoms with Crippen LogP contribution in [0.4, 0.5) is 0 Å². The fourth-order valence-corrected chi connectivity index (χ4v) is 1.40. The molecule has 17 heavy (non-hydrogen) atoms. The zero-order valence-electron chi connectivity index (χ0n) is 9.93. The molecule has 1 aromatic rings. The number of carboxylic acid groups (broad SMARTS) is 1. The van der Waals surface area contributed by atoms with E-state index in [9.17, 15) is 4.79 Å². The summed E-state index contributed by atoms with van der Waals surface area (Å²) >= 11 is 0. The number of rotatable bonds is 7. The first kappa shape index (κ1) is 13.3. The molecule has 0 aliphatic rings. The monoisotopic (exact) mass is 240 g/mol. The van der Waals surface area contributed by atoms with Crippen molar-refractivity contribution in [1.82, 2.24) is 0 Å². The van der Waals surface area contributed by atoms with Crippen LogP contribution in [0.15, 0.2) is 18.2 Å². The Morgan fingerprint density at radius 3 is 2.65 bits per heavy atom. The van der Waals surface area contributed by atoms with E-state index < -0.39 is 5.97 Å². The summed E-state index contributed by atoms with van der Waals surface area (Å²) in [5.74, 6) is 0.465. The summed E-state index contributed by atoms with van der Waals surface area (Å²) < 4.78 is 15.3. The van der Waals surface area contributed by atoms with Gasteiger partial charge in [0.25, 0.3) is 0 Å². The molecule has 1 aromatic carbocycles. The summed E-state index contributed by atoms with van der Waals surface area (Å²) in [6.45, 7) is 0.0630. The molecule has 1 N–H and O–H groups in total. The van der Waals surface area contributed by atoms with Crippen LogP contribution in [0, 0.1) is 0 Å². The molecule has 0 fully saturated rings. The van der Waals surface area contributed by atoms with Crippen molar-refractivity contribution in [1.29, 1.82) is 0 Å². The van der Waals surface area contributed by atoms with Gasteiger partial charge in [0, 0.05) is 6.07 Å². The third-order valence-electron chi connectivity index (χ3n) is 2.24. The van der Waals surface area contributed by atoms with Gasteiger partial charge in [0.15, 0.2) is 0 Å². The number of aliphatic carboxylic acids is 1. The van der Waals surface area contributed by atoms with Gasteiger partial charge in [0.05, 0.1) is 20.8 Å². The van der Waals surface area contributed by atoms with Gasteiger partial charge in [-0.3, -0.25) is 0 Å². The molecule has 0 atom stereocenters. The highest BCUT2D eigenvalue weighted by molar-refractivity contribution is 5.67. The fraction of sp³-hybridized carbons (Fsp3) is 0.417. The highest BCUT2D eigenvalue weighted by Gasteiger charge is 2.05. The van der Waals surface area contributed by atoms with Crippen molar-refractivity contribution in [3.8, 4) is 11.5 Å². The predicted octanol–water partition coefficient (Wildman–Crippen LogP) is 1.35. The van der Waals surface area contributed by atoms with Gasteiger partial charge in [-0.2, -0.15) is 0 Å². The second kappa shape index (κ2) is 6.75. The lowest BCUT2D eigenvalue weighted by Gasteiger charge is -2.10. The van der Waals surface area contributed by atoms with E-state index in [0.29, 0.717) is 18.8 Å². The molecule has 0 aromatic heterocycles. The van der Waals surface area contributed by atoms with Crippen molar-refractivity contribution >= 4 is 5.97 Å². The molecule has 0 bridgehead atoms. The number of hydrogen-bond donors (Lipinski definition) is 1. The Hall–Kier alpha value is -1.75. The first-order chi connectivity index (χ1) is 8.17. The van der Waals surface area contributed by atoms with Gasteiger partial charge in [-0.05, 0) is 18.1 Å². The van der Waals surface area contributed by atoms with Crippen molar-refractivity contribution in [2.24, 2.45) is 0 Å². The predicted molar refractivity (Wildman–Crippen MR) is 61.7 cm³/mol. The van der Waals surface area contributed by atoms with Crippen LogP contribution < -0.4 is 9.47 Å². The Morgan fingerprint density at radius 2 is 2.06 bits per heavy atom. The van der Waals surface area contributed by atoms with Gasteiger partial charge < -0.3 is 19.3 Å². The Balaban J connectivity index is 2.55. The minimum absolute atomic E-state index is 0.279. The van der Waals surface area contributed by atoms with Crippen molar-refractivity contribution in [2.75, 3.05) is 27.4 Å². The molecular weight excluding hydrogens is 224 g/mol. The van der Waals surface area contributed by atoms with Crippen LogP contribution in [-0.2, 0) is 16.0 Å². The van der Waals surface area contributed by atoms with Crippen LogP contribution in [0.25, 0.3) is 0 Å². The van der Waals surface area contributed by atoms with E-state index in [0.717, 1.165) is 11.3 Å². The summed E-state index contributed by atoms with van der Waals surface area (Å²) in [6.07, 6.45) is 0.598. The standard InChI is InChI=1S/C12H16O5/c1-15-10-4-3-9(11(7-10)16-2)5-6-17-8-12(13)14/h3-4,7H,5-6,8H2,1-2H3,(H,13,14). The lowest BCUT2D eigenvalue weighted by Crippen LogP contribution is -2.09. The molecule has 0 radical (unpaired) electrons. The van der Waals surface area contributed by atoms with Crippen molar-refractivity contribution in [3.63, 3.8) is 0 Å². The van der Waals surface area contributed by atoms with Gasteiger partial charge in [0.2, 0.25) is 0 Å². The summed E-state index contributed by atoms with van der Waals surface area (Å²) in [6, 6.07) is 5.49. The molecule has 5 heteroatoms. The Morgan fingerprint density at radius 1 is 1.29 bits per heavy atom. The maximum absolute atomic E-state index is 10.3. The molecule has 0 amide bonds. The molecular formula is C12H16O5. The minimum atomic E-state index is -0.966. The Labute approximate surface area is 99.9 Å². The smallest absolute Gasteiger partial charge is 0.329 e. The highest BCUT2D eigenvalue weighted by Crippen LogP contribution is 2.24. The molecule has 5 nitrogen and oxygen atoms in total. The van der Waals surface area contributed by atoms with Gasteiger partial charge in [0.1, 0.15) is 18.1 Å². The van der Waals surface area contributed by atoms with Crippen LogP contribution in [0.5, 0.6) is 11.5 Å². The maximum atomic E-state index is 10.3. The fourth-order valence-electron chi connectivity index (χ4n) is 1.40. The molecule has 1 rings (SSSR count). The van der Waals surface area contributed by atoms with E-state index in [1.54, 1.807) is 20.3 Å². The topological polar surface area (TPSA) is 65.0 Å². The first-order valence-electron chi connectivity index (χ1n) is 5.17. The average Bonchev–Trinajstić information content (AvgIpc) is 2.34. The molecule has 94 valence electrons. The number of carbonyl (C=O) groups is 1. The zero-order chi connectivity index (χ0) is 12.7. The zero-order valence-corrected chi connectivity index (χ0v) is 9.93. The molecule has 0 aliphatic carbocycles. The number of methoxy groups -OCH3 is 2. The number of hydrogen-bond acceptors (Lipinski definition) is 4. The van der Waals surface area contributed by atoms with E-state index in [2.05, 4.69) is 0 Å². The van der Waals surface area contributed by atoms with Crippen LogP contribution in [-0.4, -0.2) is 38.5 Å². The van der Waals surface area contributed by atoms with E-state index in [4.69, 9.17) is 19.3 Å². The molecule has 0 saturated heterocycles. The van der Waals surface area contributed by atoms with E-state index in [-0.39, 0.29) is 6.61 Å². The van der Waals surface area contributed by atoms with Crippen LogP contribution in [0.2, 0.25) is 0 Å². The highest BCUT2D eigenvalue weighted by atomic mass is 16.5. The van der Waals surface area contributed by atoms with E-state index in [1.807, 2.05) is 12.1 Å². The lowest BCUT2D eigenvalue weighted by atomic mass is 10.1. The van der Waals surface area contributed by atoms with Gasteiger partial charge in [-0.25, -0.2) is 4.79 Å². The third kappa shape index (κ3) is 4.32. The summed E-state index contributed by atoms with van der Waals surface area (Å²) in [7, 11) is 3.17. The number of benzene rings is 1.